The molecule has 1 N–H and O–H groups in total. The quantitative estimate of drug-likeness (QED) is 0.900. The maximum Gasteiger partial charge on any atom is 0.133 e. The lowest BCUT2D eigenvalue weighted by atomic mass is 9.94. The highest BCUT2D eigenvalue weighted by Crippen LogP contribution is 2.30. The van der Waals surface area contributed by atoms with Crippen molar-refractivity contribution < 1.29 is 9.84 Å². The van der Waals surface area contributed by atoms with Crippen LogP contribution in [0.1, 0.15) is 28.4 Å². The summed E-state index contributed by atoms with van der Waals surface area (Å²) in [6.45, 7) is 4.16. The van der Waals surface area contributed by atoms with E-state index < -0.39 is 6.10 Å². The van der Waals surface area contributed by atoms with Crippen LogP contribution in [0.4, 0.5) is 0 Å². The topological polar surface area (TPSA) is 29.5 Å². The van der Waals surface area contributed by atoms with Crippen molar-refractivity contribution in [3.8, 4) is 5.75 Å². The van der Waals surface area contributed by atoms with Crippen molar-refractivity contribution in [2.45, 2.75) is 26.4 Å². The minimum atomic E-state index is -0.517. The fourth-order valence-electron chi connectivity index (χ4n) is 2.37. The van der Waals surface area contributed by atoms with Crippen LogP contribution in [0.15, 0.2) is 40.9 Å². The molecule has 0 aliphatic rings. The number of aliphatic hydroxyl groups is 1. The zero-order valence-electron chi connectivity index (χ0n) is 12.0. The molecule has 0 aliphatic carbocycles. The van der Waals surface area contributed by atoms with E-state index in [0.29, 0.717) is 6.42 Å². The maximum absolute atomic E-state index is 10.4. The minimum absolute atomic E-state index is 0.517. The molecule has 0 fully saturated rings. The molecule has 0 aromatic heterocycles. The molecule has 2 rings (SSSR count). The smallest absolute Gasteiger partial charge is 0.133 e. The first-order valence-corrected chi connectivity index (χ1v) is 7.39. The van der Waals surface area contributed by atoms with E-state index in [1.165, 1.54) is 16.7 Å². The van der Waals surface area contributed by atoms with E-state index >= 15 is 0 Å². The van der Waals surface area contributed by atoms with Crippen molar-refractivity contribution in [2.24, 2.45) is 0 Å². The van der Waals surface area contributed by atoms with Crippen molar-refractivity contribution in [2.75, 3.05) is 7.11 Å². The zero-order chi connectivity index (χ0) is 14.7. The summed E-state index contributed by atoms with van der Waals surface area (Å²) in [4.78, 5) is 0. The predicted molar refractivity (Wildman–Crippen MR) is 85.3 cm³/mol. The molecular weight excluding hydrogens is 316 g/mol. The summed E-state index contributed by atoms with van der Waals surface area (Å²) in [6.07, 6.45) is 0.106. The van der Waals surface area contributed by atoms with Crippen LogP contribution in [-0.2, 0) is 6.42 Å². The van der Waals surface area contributed by atoms with Crippen molar-refractivity contribution in [3.63, 3.8) is 0 Å². The molecule has 2 aromatic rings. The van der Waals surface area contributed by atoms with Crippen LogP contribution in [0.3, 0.4) is 0 Å². The number of aliphatic hydroxyl groups excluding tert-OH is 1. The summed E-state index contributed by atoms with van der Waals surface area (Å²) in [7, 11) is 1.63. The Kier molecular flexibility index (Phi) is 4.84. The lowest BCUT2D eigenvalue weighted by Gasteiger charge is -2.16. The highest BCUT2D eigenvalue weighted by molar-refractivity contribution is 9.10. The van der Waals surface area contributed by atoms with E-state index in [1.54, 1.807) is 7.11 Å². The average molecular weight is 335 g/mol. The maximum atomic E-state index is 10.4. The molecule has 20 heavy (non-hydrogen) atoms. The summed E-state index contributed by atoms with van der Waals surface area (Å²) in [5.41, 5.74) is 4.54. The predicted octanol–water partition coefficient (Wildman–Crippen LogP) is 4.35. The lowest BCUT2D eigenvalue weighted by Crippen LogP contribution is -2.05. The molecule has 3 heteroatoms. The SMILES string of the molecule is COc1ccc(C(O)Cc2c(C)cccc2C)cc1Br. The molecule has 1 unspecified atom stereocenters. The molecule has 0 saturated carbocycles. The molecule has 0 radical (unpaired) electrons. The van der Waals surface area contributed by atoms with Gasteiger partial charge < -0.3 is 9.84 Å². The molecule has 0 saturated heterocycles. The third-order valence-corrected chi connectivity index (χ3v) is 4.22. The molecular formula is C17H19BrO2. The Morgan fingerprint density at radius 3 is 2.35 bits per heavy atom. The molecule has 106 valence electrons. The second kappa shape index (κ2) is 6.42. The first kappa shape index (κ1) is 15.1. The van der Waals surface area contributed by atoms with Gasteiger partial charge in [0.15, 0.2) is 0 Å². The summed E-state index contributed by atoms with van der Waals surface area (Å²) < 4.78 is 6.07. The Labute approximate surface area is 128 Å². The Hall–Kier alpha value is -1.32. The molecule has 0 bridgehead atoms. The van der Waals surface area contributed by atoms with E-state index in [4.69, 9.17) is 4.74 Å². The van der Waals surface area contributed by atoms with E-state index in [2.05, 4.69) is 41.9 Å². The van der Waals surface area contributed by atoms with Crippen molar-refractivity contribution >= 4 is 15.9 Å². The Morgan fingerprint density at radius 1 is 1.15 bits per heavy atom. The highest BCUT2D eigenvalue weighted by Gasteiger charge is 2.13. The van der Waals surface area contributed by atoms with Gasteiger partial charge in [-0.05, 0) is 64.2 Å². The Balaban J connectivity index is 2.24. The van der Waals surface area contributed by atoms with Gasteiger partial charge in [-0.2, -0.15) is 0 Å². The standard InChI is InChI=1S/C17H19BrO2/c1-11-5-4-6-12(2)14(11)10-16(19)13-7-8-17(20-3)15(18)9-13/h4-9,16,19H,10H2,1-3H3. The van der Waals surface area contributed by atoms with E-state index in [1.807, 2.05) is 24.3 Å². The summed E-state index contributed by atoms with van der Waals surface area (Å²) in [5, 5.41) is 10.4. The number of methoxy groups -OCH3 is 1. The van der Waals surface area contributed by atoms with Gasteiger partial charge in [-0.1, -0.05) is 24.3 Å². The van der Waals surface area contributed by atoms with Gasteiger partial charge in [0.2, 0.25) is 0 Å². The highest BCUT2D eigenvalue weighted by atomic mass is 79.9. The molecule has 0 amide bonds. The van der Waals surface area contributed by atoms with Crippen molar-refractivity contribution in [1.29, 1.82) is 0 Å². The van der Waals surface area contributed by atoms with Crippen molar-refractivity contribution in [3.05, 3.63) is 63.1 Å². The second-order valence-electron chi connectivity index (χ2n) is 4.98. The average Bonchev–Trinajstić information content (AvgIpc) is 2.42. The summed E-state index contributed by atoms with van der Waals surface area (Å²) in [6, 6.07) is 11.9. The zero-order valence-corrected chi connectivity index (χ0v) is 13.6. The van der Waals surface area contributed by atoms with Gasteiger partial charge >= 0.3 is 0 Å². The molecule has 2 nitrogen and oxygen atoms in total. The number of aryl methyl sites for hydroxylation is 2. The van der Waals surface area contributed by atoms with E-state index in [9.17, 15) is 5.11 Å². The fourth-order valence-corrected chi connectivity index (χ4v) is 2.93. The molecule has 0 spiro atoms. The van der Waals surface area contributed by atoms with Crippen LogP contribution in [0.2, 0.25) is 0 Å². The monoisotopic (exact) mass is 334 g/mol. The number of halogens is 1. The molecule has 2 aromatic carbocycles. The lowest BCUT2D eigenvalue weighted by molar-refractivity contribution is 0.178. The minimum Gasteiger partial charge on any atom is -0.496 e. The second-order valence-corrected chi connectivity index (χ2v) is 5.84. The van der Waals surface area contributed by atoms with Crippen LogP contribution in [0.25, 0.3) is 0 Å². The Bertz CT molecular complexity index is 588. The third-order valence-electron chi connectivity index (χ3n) is 3.60. The van der Waals surface area contributed by atoms with Crippen LogP contribution in [0.5, 0.6) is 5.75 Å². The molecule has 0 heterocycles. The first-order chi connectivity index (χ1) is 9.52. The number of hydrogen-bond donors (Lipinski definition) is 1. The largest absolute Gasteiger partial charge is 0.496 e. The molecule has 0 aliphatic heterocycles. The van der Waals surface area contributed by atoms with Gasteiger partial charge in [0, 0.05) is 6.42 Å². The fraction of sp³-hybridized carbons (Fsp3) is 0.294. The van der Waals surface area contributed by atoms with E-state index in [-0.39, 0.29) is 0 Å². The van der Waals surface area contributed by atoms with Crippen LogP contribution in [-0.4, -0.2) is 12.2 Å². The summed E-state index contributed by atoms with van der Waals surface area (Å²) >= 11 is 3.45. The normalized spacial score (nSPS) is 12.2. The van der Waals surface area contributed by atoms with Crippen LogP contribution in [0, 0.1) is 13.8 Å². The van der Waals surface area contributed by atoms with Crippen LogP contribution >= 0.6 is 15.9 Å². The number of ether oxygens (including phenoxy) is 1. The van der Waals surface area contributed by atoms with Gasteiger partial charge in [0.05, 0.1) is 17.7 Å². The van der Waals surface area contributed by atoms with Gasteiger partial charge in [-0.25, -0.2) is 0 Å². The Morgan fingerprint density at radius 2 is 1.80 bits per heavy atom. The van der Waals surface area contributed by atoms with E-state index in [0.717, 1.165) is 15.8 Å². The van der Waals surface area contributed by atoms with Gasteiger partial charge in [0.25, 0.3) is 0 Å². The molecule has 1 atom stereocenters. The van der Waals surface area contributed by atoms with Gasteiger partial charge in [-0.3, -0.25) is 0 Å². The van der Waals surface area contributed by atoms with Crippen LogP contribution < -0.4 is 4.74 Å². The third kappa shape index (κ3) is 3.22. The van der Waals surface area contributed by atoms with Gasteiger partial charge in [-0.15, -0.1) is 0 Å². The first-order valence-electron chi connectivity index (χ1n) is 6.59. The van der Waals surface area contributed by atoms with Gasteiger partial charge in [0.1, 0.15) is 5.75 Å². The van der Waals surface area contributed by atoms with Crippen molar-refractivity contribution in [1.82, 2.24) is 0 Å². The summed E-state index contributed by atoms with van der Waals surface area (Å²) in [5.74, 6) is 0.771. The number of benzene rings is 2. The number of rotatable bonds is 4. The number of hydrogen-bond acceptors (Lipinski definition) is 2.